The third-order valence-electron chi connectivity index (χ3n) is 3.42. The summed E-state index contributed by atoms with van der Waals surface area (Å²) in [4.78, 5) is 13.2. The van der Waals surface area contributed by atoms with Gasteiger partial charge in [0.25, 0.3) is 0 Å². The van der Waals surface area contributed by atoms with Gasteiger partial charge in [0.2, 0.25) is 0 Å². The Balaban J connectivity index is 2.37. The van der Waals surface area contributed by atoms with Crippen LogP contribution in [-0.2, 0) is 0 Å². The maximum absolute atomic E-state index is 11.0. The molecule has 5 nitrogen and oxygen atoms in total. The lowest BCUT2D eigenvalue weighted by Crippen LogP contribution is -2.47. The van der Waals surface area contributed by atoms with Crippen molar-refractivity contribution in [2.45, 2.75) is 19.4 Å². The lowest BCUT2D eigenvalue weighted by molar-refractivity contribution is 0.0692. The quantitative estimate of drug-likeness (QED) is 0.710. The first-order chi connectivity index (χ1) is 9.34. The molecule has 1 aromatic carbocycles. The van der Waals surface area contributed by atoms with Gasteiger partial charge in [-0.25, -0.2) is 4.79 Å². The van der Waals surface area contributed by atoms with E-state index >= 15 is 0 Å². The summed E-state index contributed by atoms with van der Waals surface area (Å²) in [5.41, 5.74) is 0.264. The van der Waals surface area contributed by atoms with Crippen LogP contribution in [0.2, 0.25) is 0 Å². The molecule has 0 spiro atoms. The van der Waals surface area contributed by atoms with Crippen LogP contribution in [0.15, 0.2) is 24.3 Å². The van der Waals surface area contributed by atoms with Gasteiger partial charge in [0, 0.05) is 18.6 Å². The first kappa shape index (κ1) is 16.5. The molecule has 0 aliphatic rings. The summed E-state index contributed by atoms with van der Waals surface area (Å²) < 4.78 is 5.52. The first-order valence-electron chi connectivity index (χ1n) is 6.68. The molecule has 20 heavy (non-hydrogen) atoms. The van der Waals surface area contributed by atoms with Gasteiger partial charge in [-0.3, -0.25) is 0 Å². The summed E-state index contributed by atoms with van der Waals surface area (Å²) in [6, 6.07) is 6.67. The van der Waals surface area contributed by atoms with Gasteiger partial charge >= 0.3 is 5.97 Å². The Morgan fingerprint density at radius 1 is 1.35 bits per heavy atom. The lowest BCUT2D eigenvalue weighted by atomic mass is 10.0. The van der Waals surface area contributed by atoms with Gasteiger partial charge in [-0.2, -0.15) is 0 Å². The molecule has 0 aliphatic heterocycles. The summed E-state index contributed by atoms with van der Waals surface area (Å²) in [6.07, 6.45) is 0. The SMILES string of the molecule is CN(C)C(C)(C)CNCCOc1ccccc1C(=O)O. The van der Waals surface area contributed by atoms with Gasteiger partial charge < -0.3 is 20.1 Å². The van der Waals surface area contributed by atoms with Gasteiger partial charge in [0.15, 0.2) is 0 Å². The van der Waals surface area contributed by atoms with E-state index in [4.69, 9.17) is 9.84 Å². The van der Waals surface area contributed by atoms with Crippen molar-refractivity contribution in [3.05, 3.63) is 29.8 Å². The smallest absolute Gasteiger partial charge is 0.339 e. The van der Waals surface area contributed by atoms with Crippen LogP contribution in [-0.4, -0.2) is 55.3 Å². The van der Waals surface area contributed by atoms with Crippen LogP contribution in [0.25, 0.3) is 0 Å². The minimum atomic E-state index is -0.970. The second-order valence-electron chi connectivity index (χ2n) is 5.53. The van der Waals surface area contributed by atoms with E-state index in [0.717, 1.165) is 6.54 Å². The predicted molar refractivity (Wildman–Crippen MR) is 79.5 cm³/mol. The number of ether oxygens (including phenoxy) is 1. The number of likely N-dealkylation sites (N-methyl/N-ethyl adjacent to an activating group) is 1. The Bertz CT molecular complexity index is 444. The fraction of sp³-hybridized carbons (Fsp3) is 0.533. The van der Waals surface area contributed by atoms with Crippen LogP contribution >= 0.6 is 0 Å². The van der Waals surface area contributed by atoms with E-state index in [9.17, 15) is 4.79 Å². The number of benzene rings is 1. The predicted octanol–water partition coefficient (Wildman–Crippen LogP) is 1.69. The highest BCUT2D eigenvalue weighted by Gasteiger charge is 2.19. The molecule has 0 aliphatic carbocycles. The number of carboxylic acid groups (broad SMARTS) is 1. The van der Waals surface area contributed by atoms with E-state index in [1.807, 2.05) is 14.1 Å². The molecule has 0 amide bonds. The van der Waals surface area contributed by atoms with Crippen LogP contribution in [0.4, 0.5) is 0 Å². The number of hydrogen-bond acceptors (Lipinski definition) is 4. The summed E-state index contributed by atoms with van der Waals surface area (Å²) in [6.45, 7) is 6.25. The first-order valence-corrected chi connectivity index (χ1v) is 6.68. The van der Waals surface area contributed by atoms with Gasteiger partial charge in [-0.05, 0) is 40.1 Å². The zero-order chi connectivity index (χ0) is 15.2. The van der Waals surface area contributed by atoms with E-state index in [1.54, 1.807) is 24.3 Å². The molecule has 0 heterocycles. The van der Waals surface area contributed by atoms with Crippen molar-refractivity contribution >= 4 is 5.97 Å². The van der Waals surface area contributed by atoms with Crippen molar-refractivity contribution in [1.29, 1.82) is 0 Å². The fourth-order valence-electron chi connectivity index (χ4n) is 1.55. The molecule has 1 aromatic rings. The number of rotatable bonds is 8. The van der Waals surface area contributed by atoms with Gasteiger partial charge in [-0.1, -0.05) is 12.1 Å². The third kappa shape index (κ3) is 4.83. The zero-order valence-electron chi connectivity index (χ0n) is 12.6. The van der Waals surface area contributed by atoms with Crippen LogP contribution in [0, 0.1) is 0 Å². The van der Waals surface area contributed by atoms with Crippen LogP contribution in [0.1, 0.15) is 24.2 Å². The monoisotopic (exact) mass is 280 g/mol. The number of hydrogen-bond donors (Lipinski definition) is 2. The summed E-state index contributed by atoms with van der Waals surface area (Å²) >= 11 is 0. The van der Waals surface area contributed by atoms with Crippen molar-refractivity contribution in [2.75, 3.05) is 33.8 Å². The number of aromatic carboxylic acids is 1. The Morgan fingerprint density at radius 2 is 2.00 bits per heavy atom. The van der Waals surface area contributed by atoms with Crippen molar-refractivity contribution < 1.29 is 14.6 Å². The molecule has 0 fully saturated rings. The zero-order valence-corrected chi connectivity index (χ0v) is 12.6. The molecule has 1 rings (SSSR count). The highest BCUT2D eigenvalue weighted by molar-refractivity contribution is 5.90. The number of carbonyl (C=O) groups is 1. The molecule has 0 radical (unpaired) electrons. The van der Waals surface area contributed by atoms with E-state index < -0.39 is 5.97 Å². The van der Waals surface area contributed by atoms with Crippen LogP contribution in [0.3, 0.4) is 0 Å². The molecule has 0 bridgehead atoms. The highest BCUT2D eigenvalue weighted by atomic mass is 16.5. The van der Waals surface area contributed by atoms with E-state index in [1.165, 1.54) is 0 Å². The molecular weight excluding hydrogens is 256 g/mol. The minimum absolute atomic E-state index is 0.0684. The number of carboxylic acids is 1. The maximum atomic E-state index is 11.0. The second kappa shape index (κ2) is 7.26. The molecule has 0 aromatic heterocycles. The fourth-order valence-corrected chi connectivity index (χ4v) is 1.55. The van der Waals surface area contributed by atoms with E-state index in [0.29, 0.717) is 18.9 Å². The molecule has 0 saturated heterocycles. The van der Waals surface area contributed by atoms with Crippen molar-refractivity contribution in [1.82, 2.24) is 10.2 Å². The van der Waals surface area contributed by atoms with Crippen molar-refractivity contribution in [2.24, 2.45) is 0 Å². The minimum Gasteiger partial charge on any atom is -0.491 e. The molecule has 0 saturated carbocycles. The third-order valence-corrected chi connectivity index (χ3v) is 3.42. The standard InChI is InChI=1S/C15H24N2O3/c1-15(2,17(3)4)11-16-9-10-20-13-8-6-5-7-12(13)14(18)19/h5-8,16H,9-11H2,1-4H3,(H,18,19). The summed E-state index contributed by atoms with van der Waals surface area (Å²) in [5.74, 6) is -0.559. The number of nitrogens with one attached hydrogen (secondary N) is 1. The van der Waals surface area contributed by atoms with E-state index in [-0.39, 0.29) is 11.1 Å². The molecular formula is C15H24N2O3. The average molecular weight is 280 g/mol. The Morgan fingerprint density at radius 3 is 2.60 bits per heavy atom. The van der Waals surface area contributed by atoms with Crippen LogP contribution in [0.5, 0.6) is 5.75 Å². The Kier molecular flexibility index (Phi) is 5.98. The molecule has 112 valence electrons. The van der Waals surface area contributed by atoms with Crippen molar-refractivity contribution in [3.8, 4) is 5.75 Å². The largest absolute Gasteiger partial charge is 0.491 e. The summed E-state index contributed by atoms with van der Waals surface area (Å²) in [5, 5.41) is 12.3. The molecule has 2 N–H and O–H groups in total. The molecule has 0 atom stereocenters. The number of nitrogens with zero attached hydrogens (tertiary/aromatic N) is 1. The normalized spacial score (nSPS) is 11.7. The Labute approximate surface area is 120 Å². The highest BCUT2D eigenvalue weighted by Crippen LogP contribution is 2.17. The summed E-state index contributed by atoms with van der Waals surface area (Å²) in [7, 11) is 4.09. The Hall–Kier alpha value is -1.59. The van der Waals surface area contributed by atoms with Crippen molar-refractivity contribution in [3.63, 3.8) is 0 Å². The van der Waals surface area contributed by atoms with E-state index in [2.05, 4.69) is 24.1 Å². The van der Waals surface area contributed by atoms with Gasteiger partial charge in [-0.15, -0.1) is 0 Å². The molecule has 5 heteroatoms. The maximum Gasteiger partial charge on any atom is 0.339 e. The topological polar surface area (TPSA) is 61.8 Å². The van der Waals surface area contributed by atoms with Gasteiger partial charge in [0.1, 0.15) is 17.9 Å². The van der Waals surface area contributed by atoms with Gasteiger partial charge in [0.05, 0.1) is 0 Å². The molecule has 0 unspecified atom stereocenters. The van der Waals surface area contributed by atoms with Crippen LogP contribution < -0.4 is 10.1 Å². The average Bonchev–Trinajstić information content (AvgIpc) is 2.38. The number of para-hydroxylation sites is 1. The lowest BCUT2D eigenvalue weighted by Gasteiger charge is -2.32. The second-order valence-corrected chi connectivity index (χ2v) is 5.53.